The molecule has 15 heavy (non-hydrogen) atoms. The van der Waals surface area contributed by atoms with Crippen LogP contribution in [0.5, 0.6) is 0 Å². The number of hydrogen-bond acceptors (Lipinski definition) is 3. The van der Waals surface area contributed by atoms with Crippen LogP contribution in [0.4, 0.5) is 0 Å². The van der Waals surface area contributed by atoms with Crippen LogP contribution in [-0.4, -0.2) is 26.1 Å². The highest BCUT2D eigenvalue weighted by atomic mass is 79.9. The molecule has 1 aromatic heterocycles. The summed E-state index contributed by atoms with van der Waals surface area (Å²) in [4.78, 5) is 0. The minimum atomic E-state index is -0.873. The van der Waals surface area contributed by atoms with Crippen LogP contribution in [0.15, 0.2) is 10.7 Å². The molecular formula is C10H17BrN2O2. The first kappa shape index (κ1) is 12.7. The molecule has 1 rings (SSSR count). The number of aromatic nitrogens is 2. The van der Waals surface area contributed by atoms with Crippen LogP contribution in [0, 0.1) is 0 Å². The molecule has 0 aliphatic carbocycles. The summed E-state index contributed by atoms with van der Waals surface area (Å²) >= 11 is 3.32. The van der Waals surface area contributed by atoms with E-state index in [0.29, 0.717) is 18.7 Å². The fourth-order valence-electron chi connectivity index (χ4n) is 1.55. The number of aliphatic hydroxyl groups is 2. The van der Waals surface area contributed by atoms with Crippen molar-refractivity contribution in [3.05, 3.63) is 16.4 Å². The number of rotatable bonds is 5. The van der Waals surface area contributed by atoms with Crippen LogP contribution < -0.4 is 0 Å². The Hall–Kier alpha value is -0.390. The second-order valence-electron chi connectivity index (χ2n) is 3.49. The monoisotopic (exact) mass is 276 g/mol. The molecule has 0 radical (unpaired) electrons. The molecule has 2 unspecified atom stereocenters. The third-order valence-corrected chi connectivity index (χ3v) is 2.97. The molecule has 5 heteroatoms. The van der Waals surface area contributed by atoms with E-state index >= 15 is 0 Å². The highest BCUT2D eigenvalue weighted by molar-refractivity contribution is 9.10. The van der Waals surface area contributed by atoms with Crippen LogP contribution in [0.2, 0.25) is 0 Å². The van der Waals surface area contributed by atoms with Gasteiger partial charge in [0, 0.05) is 6.54 Å². The van der Waals surface area contributed by atoms with Gasteiger partial charge < -0.3 is 10.2 Å². The molecule has 0 fully saturated rings. The Morgan fingerprint density at radius 2 is 2.13 bits per heavy atom. The van der Waals surface area contributed by atoms with E-state index in [0.717, 1.165) is 10.9 Å². The Morgan fingerprint density at radius 3 is 2.67 bits per heavy atom. The van der Waals surface area contributed by atoms with E-state index in [9.17, 15) is 10.2 Å². The zero-order valence-corrected chi connectivity index (χ0v) is 10.6. The van der Waals surface area contributed by atoms with E-state index in [2.05, 4.69) is 21.0 Å². The summed E-state index contributed by atoms with van der Waals surface area (Å²) in [7, 11) is 0. The molecule has 0 saturated carbocycles. The zero-order chi connectivity index (χ0) is 11.4. The minimum Gasteiger partial charge on any atom is -0.390 e. The van der Waals surface area contributed by atoms with Crippen molar-refractivity contribution in [2.24, 2.45) is 0 Å². The molecule has 1 aromatic rings. The second-order valence-corrected chi connectivity index (χ2v) is 4.35. The first-order chi connectivity index (χ1) is 7.11. The number of halogens is 1. The van der Waals surface area contributed by atoms with Gasteiger partial charge in [-0.3, -0.25) is 4.68 Å². The Bertz CT molecular complexity index is 314. The summed E-state index contributed by atoms with van der Waals surface area (Å²) in [6.45, 7) is 4.60. The van der Waals surface area contributed by atoms with E-state index in [1.807, 2.05) is 13.8 Å². The molecule has 0 bridgehead atoms. The summed E-state index contributed by atoms with van der Waals surface area (Å²) in [6, 6.07) is 0. The van der Waals surface area contributed by atoms with E-state index < -0.39 is 12.2 Å². The molecule has 0 saturated heterocycles. The largest absolute Gasteiger partial charge is 0.390 e. The first-order valence-corrected chi connectivity index (χ1v) is 5.98. The topological polar surface area (TPSA) is 58.3 Å². The molecule has 2 atom stereocenters. The standard InChI is InChI=1S/C10H17BrN2O2/c1-3-5-8(14)10(15)9-7(11)6-12-13(9)4-2/h6,8,10,14-15H,3-5H2,1-2H3. The summed E-state index contributed by atoms with van der Waals surface area (Å²) in [5.74, 6) is 0. The highest BCUT2D eigenvalue weighted by Crippen LogP contribution is 2.27. The molecule has 1 heterocycles. The van der Waals surface area contributed by atoms with Gasteiger partial charge in [0.25, 0.3) is 0 Å². The Balaban J connectivity index is 2.88. The predicted molar refractivity (Wildman–Crippen MR) is 61.5 cm³/mol. The summed E-state index contributed by atoms with van der Waals surface area (Å²) in [6.07, 6.45) is 1.47. The molecule has 86 valence electrons. The lowest BCUT2D eigenvalue weighted by atomic mass is 10.1. The molecule has 4 nitrogen and oxygen atoms in total. The lowest BCUT2D eigenvalue weighted by molar-refractivity contribution is 0.00754. The van der Waals surface area contributed by atoms with E-state index in [4.69, 9.17) is 0 Å². The maximum atomic E-state index is 9.96. The van der Waals surface area contributed by atoms with Crippen molar-refractivity contribution >= 4 is 15.9 Å². The Kier molecular flexibility index (Phi) is 4.76. The predicted octanol–water partition coefficient (Wildman–Crippen LogP) is 1.86. The maximum Gasteiger partial charge on any atom is 0.123 e. The van der Waals surface area contributed by atoms with Crippen LogP contribution in [0.1, 0.15) is 38.5 Å². The van der Waals surface area contributed by atoms with Crippen molar-refractivity contribution in [2.75, 3.05) is 0 Å². The van der Waals surface area contributed by atoms with Crippen molar-refractivity contribution in [2.45, 2.75) is 45.4 Å². The third kappa shape index (κ3) is 2.80. The van der Waals surface area contributed by atoms with Gasteiger partial charge in [0.1, 0.15) is 6.10 Å². The van der Waals surface area contributed by atoms with Gasteiger partial charge in [-0.05, 0) is 29.3 Å². The minimum absolute atomic E-state index is 0.586. The van der Waals surface area contributed by atoms with Gasteiger partial charge in [-0.25, -0.2) is 0 Å². The van der Waals surface area contributed by atoms with Crippen molar-refractivity contribution in [1.82, 2.24) is 9.78 Å². The number of nitrogens with zero attached hydrogens (tertiary/aromatic N) is 2. The van der Waals surface area contributed by atoms with Gasteiger partial charge in [0.05, 0.1) is 22.5 Å². The van der Waals surface area contributed by atoms with Crippen molar-refractivity contribution in [3.8, 4) is 0 Å². The fourth-order valence-corrected chi connectivity index (χ4v) is 2.08. The summed E-state index contributed by atoms with van der Waals surface area (Å²) in [5.41, 5.74) is 0.651. The lowest BCUT2D eigenvalue weighted by Gasteiger charge is -2.18. The highest BCUT2D eigenvalue weighted by Gasteiger charge is 2.23. The molecule has 0 aliphatic rings. The second kappa shape index (κ2) is 5.63. The van der Waals surface area contributed by atoms with Crippen LogP contribution in [0.25, 0.3) is 0 Å². The van der Waals surface area contributed by atoms with Crippen molar-refractivity contribution < 1.29 is 10.2 Å². The maximum absolute atomic E-state index is 9.96. The molecule has 0 aliphatic heterocycles. The lowest BCUT2D eigenvalue weighted by Crippen LogP contribution is -2.21. The van der Waals surface area contributed by atoms with Gasteiger partial charge in [-0.1, -0.05) is 13.3 Å². The average molecular weight is 277 g/mol. The van der Waals surface area contributed by atoms with Crippen molar-refractivity contribution in [3.63, 3.8) is 0 Å². The first-order valence-electron chi connectivity index (χ1n) is 5.19. The van der Waals surface area contributed by atoms with Gasteiger partial charge >= 0.3 is 0 Å². The number of aliphatic hydroxyl groups excluding tert-OH is 2. The van der Waals surface area contributed by atoms with E-state index in [-0.39, 0.29) is 0 Å². The van der Waals surface area contributed by atoms with Gasteiger partial charge in [-0.2, -0.15) is 5.10 Å². The van der Waals surface area contributed by atoms with Crippen molar-refractivity contribution in [1.29, 1.82) is 0 Å². The smallest absolute Gasteiger partial charge is 0.123 e. The zero-order valence-electron chi connectivity index (χ0n) is 9.02. The van der Waals surface area contributed by atoms with Crippen LogP contribution >= 0.6 is 15.9 Å². The Labute approximate surface area is 98.0 Å². The number of aryl methyl sites for hydroxylation is 1. The van der Waals surface area contributed by atoms with Gasteiger partial charge in [0.15, 0.2) is 0 Å². The van der Waals surface area contributed by atoms with Crippen LogP contribution in [-0.2, 0) is 6.54 Å². The fraction of sp³-hybridized carbons (Fsp3) is 0.700. The van der Waals surface area contributed by atoms with Gasteiger partial charge in [-0.15, -0.1) is 0 Å². The third-order valence-electron chi connectivity index (χ3n) is 2.36. The molecule has 0 aromatic carbocycles. The summed E-state index contributed by atoms with van der Waals surface area (Å²) < 4.78 is 2.43. The normalized spacial score (nSPS) is 15.3. The van der Waals surface area contributed by atoms with Gasteiger partial charge in [0.2, 0.25) is 0 Å². The average Bonchev–Trinajstić information content (AvgIpc) is 2.58. The van der Waals surface area contributed by atoms with E-state index in [1.54, 1.807) is 10.9 Å². The summed E-state index contributed by atoms with van der Waals surface area (Å²) in [5, 5.41) is 23.8. The molecular weight excluding hydrogens is 260 g/mol. The quantitative estimate of drug-likeness (QED) is 0.863. The SMILES string of the molecule is CCCC(O)C(O)c1c(Br)cnn1CC. The molecule has 0 spiro atoms. The molecule has 0 amide bonds. The van der Waals surface area contributed by atoms with E-state index in [1.165, 1.54) is 0 Å². The van der Waals surface area contributed by atoms with Crippen LogP contribution in [0.3, 0.4) is 0 Å². The molecule has 2 N–H and O–H groups in total. The number of hydrogen-bond donors (Lipinski definition) is 2. The Morgan fingerprint density at radius 1 is 1.47 bits per heavy atom.